The molecular weight excluding hydrogens is 468 g/mol. The first kappa shape index (κ1) is 25.2. The molecule has 6 nitrogen and oxygen atoms in total. The first-order valence-corrected chi connectivity index (χ1v) is 10.0. The normalized spacial score (nSPS) is 11.2. The number of carbonyl (C=O) groups excluding carboxylic acids is 3. The predicted molar refractivity (Wildman–Crippen MR) is 121 cm³/mol. The number of halogens is 4. The van der Waals surface area contributed by atoms with Crippen molar-refractivity contribution in [3.05, 3.63) is 101 Å². The number of ether oxygens (including phenoxy) is 1. The molecule has 2 N–H and O–H groups in total. The number of methoxy groups -OCH3 is 1. The highest BCUT2D eigenvalue weighted by atomic mass is 19.4. The van der Waals surface area contributed by atoms with E-state index in [1.54, 1.807) is 0 Å². The summed E-state index contributed by atoms with van der Waals surface area (Å²) in [6.45, 7) is 0. The first-order valence-electron chi connectivity index (χ1n) is 10.0. The molecule has 0 aliphatic rings. The van der Waals surface area contributed by atoms with Crippen LogP contribution >= 0.6 is 0 Å². The molecule has 10 heteroatoms. The zero-order chi connectivity index (χ0) is 25.6. The summed E-state index contributed by atoms with van der Waals surface area (Å²) in [4.78, 5) is 35.9. The van der Waals surface area contributed by atoms with Gasteiger partial charge in [-0.15, -0.1) is 0 Å². The van der Waals surface area contributed by atoms with Crippen LogP contribution in [0, 0.1) is 5.82 Å². The fourth-order valence-corrected chi connectivity index (χ4v) is 2.96. The van der Waals surface area contributed by atoms with E-state index < -0.39 is 41.0 Å². The second kappa shape index (κ2) is 10.6. The Balaban J connectivity index is 1.74. The molecule has 0 saturated carbocycles. The van der Waals surface area contributed by atoms with Crippen LogP contribution in [0.1, 0.15) is 31.8 Å². The van der Waals surface area contributed by atoms with Crippen molar-refractivity contribution in [3.63, 3.8) is 0 Å². The van der Waals surface area contributed by atoms with E-state index in [9.17, 15) is 31.9 Å². The van der Waals surface area contributed by atoms with Gasteiger partial charge in [-0.25, -0.2) is 9.18 Å². The van der Waals surface area contributed by atoms with Crippen LogP contribution in [0.3, 0.4) is 0 Å². The SMILES string of the molecule is COC(=O)c1ccc(C=CC(=O)Nc2ccc(NC(=O)c3ccc(F)cc3)cc2C(F)(F)F)cc1. The molecule has 0 bridgehead atoms. The summed E-state index contributed by atoms with van der Waals surface area (Å²) in [5, 5.41) is 4.48. The van der Waals surface area contributed by atoms with Crippen LogP contribution in [-0.2, 0) is 15.7 Å². The number of hydrogen-bond acceptors (Lipinski definition) is 4. The van der Waals surface area contributed by atoms with E-state index in [1.807, 2.05) is 0 Å². The lowest BCUT2D eigenvalue weighted by Gasteiger charge is -2.15. The summed E-state index contributed by atoms with van der Waals surface area (Å²) in [6, 6.07) is 13.4. The second-order valence-corrected chi connectivity index (χ2v) is 7.16. The minimum absolute atomic E-state index is 0.0575. The molecule has 0 spiro atoms. The van der Waals surface area contributed by atoms with Gasteiger partial charge >= 0.3 is 12.1 Å². The molecule has 35 heavy (non-hydrogen) atoms. The highest BCUT2D eigenvalue weighted by Crippen LogP contribution is 2.36. The Kier molecular flexibility index (Phi) is 7.65. The van der Waals surface area contributed by atoms with Crippen LogP contribution in [0.15, 0.2) is 72.8 Å². The third kappa shape index (κ3) is 6.76. The minimum Gasteiger partial charge on any atom is -0.465 e. The summed E-state index contributed by atoms with van der Waals surface area (Å²) in [7, 11) is 1.24. The van der Waals surface area contributed by atoms with Crippen molar-refractivity contribution < 1.29 is 36.7 Å². The van der Waals surface area contributed by atoms with Crippen molar-refractivity contribution in [1.82, 2.24) is 0 Å². The van der Waals surface area contributed by atoms with Gasteiger partial charge in [-0.05, 0) is 66.2 Å². The summed E-state index contributed by atoms with van der Waals surface area (Å²) >= 11 is 0. The molecule has 0 atom stereocenters. The van der Waals surface area contributed by atoms with Crippen molar-refractivity contribution in [2.45, 2.75) is 6.18 Å². The maximum absolute atomic E-state index is 13.6. The predicted octanol–water partition coefficient (Wildman–Crippen LogP) is 5.54. The van der Waals surface area contributed by atoms with Crippen molar-refractivity contribution in [2.75, 3.05) is 17.7 Å². The van der Waals surface area contributed by atoms with Crippen molar-refractivity contribution in [1.29, 1.82) is 0 Å². The van der Waals surface area contributed by atoms with E-state index in [0.29, 0.717) is 17.2 Å². The quantitative estimate of drug-likeness (QED) is 0.272. The highest BCUT2D eigenvalue weighted by Gasteiger charge is 2.34. The maximum atomic E-state index is 13.6. The van der Waals surface area contributed by atoms with Gasteiger partial charge in [0.25, 0.3) is 5.91 Å². The molecule has 3 aromatic rings. The summed E-state index contributed by atoms with van der Waals surface area (Å²) in [6.07, 6.45) is -2.43. The Hall–Kier alpha value is -4.47. The Labute approximate surface area is 197 Å². The first-order chi connectivity index (χ1) is 16.6. The number of carbonyl (C=O) groups is 3. The van der Waals surface area contributed by atoms with E-state index in [2.05, 4.69) is 15.4 Å². The monoisotopic (exact) mass is 486 g/mol. The smallest absolute Gasteiger partial charge is 0.418 e. The van der Waals surface area contributed by atoms with Crippen molar-refractivity contribution >= 4 is 35.2 Å². The lowest BCUT2D eigenvalue weighted by Crippen LogP contribution is -2.17. The van der Waals surface area contributed by atoms with E-state index in [4.69, 9.17) is 0 Å². The molecule has 3 aromatic carbocycles. The maximum Gasteiger partial charge on any atom is 0.418 e. The zero-order valence-corrected chi connectivity index (χ0v) is 18.2. The minimum atomic E-state index is -4.83. The number of amides is 2. The van der Waals surface area contributed by atoms with Gasteiger partial charge < -0.3 is 15.4 Å². The van der Waals surface area contributed by atoms with Gasteiger partial charge in [0.1, 0.15) is 5.82 Å². The Morgan fingerprint density at radius 1 is 0.857 bits per heavy atom. The largest absolute Gasteiger partial charge is 0.465 e. The lowest BCUT2D eigenvalue weighted by molar-refractivity contribution is -0.136. The number of esters is 1. The van der Waals surface area contributed by atoms with Crippen LogP contribution < -0.4 is 10.6 Å². The van der Waals surface area contributed by atoms with Crippen LogP contribution in [-0.4, -0.2) is 24.9 Å². The van der Waals surface area contributed by atoms with E-state index in [1.165, 1.54) is 55.7 Å². The molecular formula is C25H18F4N2O4. The Morgan fingerprint density at radius 2 is 1.49 bits per heavy atom. The second-order valence-electron chi connectivity index (χ2n) is 7.16. The van der Waals surface area contributed by atoms with Crippen molar-refractivity contribution in [2.24, 2.45) is 0 Å². The summed E-state index contributed by atoms with van der Waals surface area (Å²) in [5.74, 6) is -2.64. The molecule has 2 amide bonds. The van der Waals surface area contributed by atoms with E-state index in [0.717, 1.165) is 24.3 Å². The molecule has 0 unspecified atom stereocenters. The molecule has 3 rings (SSSR count). The molecule has 0 fully saturated rings. The molecule has 0 aromatic heterocycles. The van der Waals surface area contributed by atoms with Gasteiger partial charge in [0.15, 0.2) is 0 Å². The van der Waals surface area contributed by atoms with Crippen LogP contribution in [0.2, 0.25) is 0 Å². The van der Waals surface area contributed by atoms with Crippen LogP contribution in [0.4, 0.5) is 28.9 Å². The van der Waals surface area contributed by atoms with Gasteiger partial charge in [-0.1, -0.05) is 12.1 Å². The fraction of sp³-hybridized carbons (Fsp3) is 0.0800. The van der Waals surface area contributed by atoms with Gasteiger partial charge in [0.2, 0.25) is 5.91 Å². The number of anilines is 2. The third-order valence-electron chi connectivity index (χ3n) is 4.71. The van der Waals surface area contributed by atoms with Gasteiger partial charge in [-0.3, -0.25) is 9.59 Å². The zero-order valence-electron chi connectivity index (χ0n) is 18.2. The topological polar surface area (TPSA) is 84.5 Å². The van der Waals surface area contributed by atoms with E-state index >= 15 is 0 Å². The highest BCUT2D eigenvalue weighted by molar-refractivity contribution is 6.05. The average molecular weight is 486 g/mol. The molecule has 180 valence electrons. The number of alkyl halides is 3. The number of nitrogens with one attached hydrogen (secondary N) is 2. The fourth-order valence-electron chi connectivity index (χ4n) is 2.96. The molecule has 0 radical (unpaired) electrons. The standard InChI is InChI=1S/C25H18F4N2O4/c1-35-24(34)17-5-2-15(3-6-17)4-13-22(32)31-21-12-11-19(14-20(21)25(27,28)29)30-23(33)16-7-9-18(26)10-8-16/h2-14H,1H3,(H,30,33)(H,31,32). The van der Waals surface area contributed by atoms with Gasteiger partial charge in [-0.2, -0.15) is 13.2 Å². The van der Waals surface area contributed by atoms with Gasteiger partial charge in [0.05, 0.1) is 23.9 Å². The Bertz CT molecular complexity index is 1270. The van der Waals surface area contributed by atoms with Crippen molar-refractivity contribution in [3.8, 4) is 0 Å². The molecule has 0 saturated heterocycles. The number of rotatable bonds is 6. The average Bonchev–Trinajstić information content (AvgIpc) is 2.83. The van der Waals surface area contributed by atoms with Gasteiger partial charge in [0, 0.05) is 17.3 Å². The molecule has 0 heterocycles. The number of benzene rings is 3. The summed E-state index contributed by atoms with van der Waals surface area (Å²) in [5.41, 5.74) is -0.947. The lowest BCUT2D eigenvalue weighted by atomic mass is 10.1. The number of hydrogen-bond donors (Lipinski definition) is 2. The van der Waals surface area contributed by atoms with E-state index in [-0.39, 0.29) is 11.3 Å². The summed E-state index contributed by atoms with van der Waals surface area (Å²) < 4.78 is 58.4. The molecule has 0 aliphatic heterocycles. The van der Waals surface area contributed by atoms with Crippen LogP contribution in [0.5, 0.6) is 0 Å². The molecule has 0 aliphatic carbocycles. The Morgan fingerprint density at radius 3 is 2.09 bits per heavy atom. The third-order valence-corrected chi connectivity index (χ3v) is 4.71. The van der Waals surface area contributed by atoms with Crippen LogP contribution in [0.25, 0.3) is 6.08 Å².